The van der Waals surface area contributed by atoms with E-state index in [2.05, 4.69) is 9.89 Å². The number of rotatable bonds is 2. The van der Waals surface area contributed by atoms with Gasteiger partial charge < -0.3 is 14.2 Å². The molecule has 1 saturated heterocycles. The Bertz CT molecular complexity index is 440. The quantitative estimate of drug-likeness (QED) is 0.706. The summed E-state index contributed by atoms with van der Waals surface area (Å²) in [6, 6.07) is 0. The van der Waals surface area contributed by atoms with Crippen molar-refractivity contribution in [2.75, 3.05) is 20.2 Å². The molecule has 1 aromatic heterocycles. The number of methoxy groups -OCH3 is 1. The average molecular weight is 238 g/mol. The van der Waals surface area contributed by atoms with Crippen molar-refractivity contribution >= 4 is 11.9 Å². The van der Waals surface area contributed by atoms with Crippen LogP contribution in [0.4, 0.5) is 0 Å². The summed E-state index contributed by atoms with van der Waals surface area (Å²) in [6.07, 6.45) is 2.05. The summed E-state index contributed by atoms with van der Waals surface area (Å²) in [5, 5.41) is 3.57. The highest BCUT2D eigenvalue weighted by Crippen LogP contribution is 2.20. The zero-order valence-corrected chi connectivity index (χ0v) is 9.80. The molecule has 0 saturated carbocycles. The fourth-order valence-corrected chi connectivity index (χ4v) is 1.98. The van der Waals surface area contributed by atoms with Crippen LogP contribution in [0, 0.1) is 12.8 Å². The summed E-state index contributed by atoms with van der Waals surface area (Å²) in [5.41, 5.74) is 0.454. The third kappa shape index (κ3) is 2.15. The Balaban J connectivity index is 2.04. The van der Waals surface area contributed by atoms with Crippen molar-refractivity contribution in [3.8, 4) is 0 Å². The van der Waals surface area contributed by atoms with Gasteiger partial charge in [0.1, 0.15) is 11.3 Å². The van der Waals surface area contributed by atoms with Gasteiger partial charge in [-0.1, -0.05) is 5.16 Å². The SMILES string of the molecule is COC(=O)C1CCN(C(=O)c2cnoc2C)C1. The molecule has 17 heavy (non-hydrogen) atoms. The number of hydrogen-bond acceptors (Lipinski definition) is 5. The van der Waals surface area contributed by atoms with E-state index >= 15 is 0 Å². The molecule has 1 fully saturated rings. The summed E-state index contributed by atoms with van der Waals surface area (Å²) in [7, 11) is 1.36. The van der Waals surface area contributed by atoms with Crippen molar-refractivity contribution in [3.05, 3.63) is 17.5 Å². The van der Waals surface area contributed by atoms with Gasteiger partial charge in [-0.15, -0.1) is 0 Å². The molecule has 1 unspecified atom stereocenters. The topological polar surface area (TPSA) is 72.6 Å². The van der Waals surface area contributed by atoms with E-state index in [1.54, 1.807) is 11.8 Å². The Morgan fingerprint density at radius 3 is 2.94 bits per heavy atom. The number of hydrogen-bond donors (Lipinski definition) is 0. The van der Waals surface area contributed by atoms with Crippen LogP contribution in [0.2, 0.25) is 0 Å². The molecular weight excluding hydrogens is 224 g/mol. The molecule has 0 bridgehead atoms. The maximum atomic E-state index is 12.1. The Morgan fingerprint density at radius 1 is 1.59 bits per heavy atom. The molecule has 0 radical (unpaired) electrons. The van der Waals surface area contributed by atoms with Crippen LogP contribution >= 0.6 is 0 Å². The number of carbonyl (C=O) groups excluding carboxylic acids is 2. The minimum Gasteiger partial charge on any atom is -0.469 e. The van der Waals surface area contributed by atoms with Gasteiger partial charge in [-0.05, 0) is 13.3 Å². The normalized spacial score (nSPS) is 19.4. The largest absolute Gasteiger partial charge is 0.469 e. The van der Waals surface area contributed by atoms with Gasteiger partial charge in [0.2, 0.25) is 0 Å². The van der Waals surface area contributed by atoms with E-state index in [0.29, 0.717) is 30.8 Å². The number of likely N-dealkylation sites (tertiary alicyclic amines) is 1. The van der Waals surface area contributed by atoms with Crippen LogP contribution < -0.4 is 0 Å². The van der Waals surface area contributed by atoms with Crippen LogP contribution in [-0.4, -0.2) is 42.1 Å². The second kappa shape index (κ2) is 4.57. The molecule has 0 aromatic carbocycles. The van der Waals surface area contributed by atoms with Gasteiger partial charge in [0.15, 0.2) is 0 Å². The highest BCUT2D eigenvalue weighted by molar-refractivity contribution is 5.95. The van der Waals surface area contributed by atoms with Crippen LogP contribution in [-0.2, 0) is 9.53 Å². The van der Waals surface area contributed by atoms with Gasteiger partial charge in [0.25, 0.3) is 5.91 Å². The molecule has 0 N–H and O–H groups in total. The van der Waals surface area contributed by atoms with Crippen molar-refractivity contribution < 1.29 is 18.8 Å². The number of amides is 1. The van der Waals surface area contributed by atoms with Crippen molar-refractivity contribution in [3.63, 3.8) is 0 Å². The van der Waals surface area contributed by atoms with Gasteiger partial charge in [0.05, 0.1) is 19.2 Å². The number of esters is 1. The fourth-order valence-electron chi connectivity index (χ4n) is 1.98. The Labute approximate surface area is 98.5 Å². The predicted molar refractivity (Wildman–Crippen MR) is 57.3 cm³/mol. The van der Waals surface area contributed by atoms with E-state index < -0.39 is 0 Å². The maximum Gasteiger partial charge on any atom is 0.310 e. The average Bonchev–Trinajstić information content (AvgIpc) is 2.95. The first-order chi connectivity index (χ1) is 8.13. The second-order valence-corrected chi connectivity index (χ2v) is 4.06. The first-order valence-electron chi connectivity index (χ1n) is 5.42. The fraction of sp³-hybridized carbons (Fsp3) is 0.545. The van der Waals surface area contributed by atoms with E-state index in [9.17, 15) is 9.59 Å². The van der Waals surface area contributed by atoms with Gasteiger partial charge in [0, 0.05) is 13.1 Å². The molecule has 6 nitrogen and oxygen atoms in total. The lowest BCUT2D eigenvalue weighted by molar-refractivity contribution is -0.144. The van der Waals surface area contributed by atoms with Gasteiger partial charge >= 0.3 is 5.97 Å². The van der Waals surface area contributed by atoms with E-state index in [0.717, 1.165) is 0 Å². The third-order valence-electron chi connectivity index (χ3n) is 2.99. The molecule has 1 aliphatic rings. The summed E-state index contributed by atoms with van der Waals surface area (Å²) in [4.78, 5) is 25.0. The number of aryl methyl sites for hydroxylation is 1. The first-order valence-corrected chi connectivity index (χ1v) is 5.42. The smallest absolute Gasteiger partial charge is 0.310 e. The number of aromatic nitrogens is 1. The highest BCUT2D eigenvalue weighted by atomic mass is 16.5. The zero-order valence-electron chi connectivity index (χ0n) is 9.80. The molecule has 1 aliphatic heterocycles. The summed E-state index contributed by atoms with van der Waals surface area (Å²) < 4.78 is 9.52. The van der Waals surface area contributed by atoms with Crippen LogP contribution in [0.15, 0.2) is 10.7 Å². The third-order valence-corrected chi connectivity index (χ3v) is 2.99. The Morgan fingerprint density at radius 2 is 2.35 bits per heavy atom. The summed E-state index contributed by atoms with van der Waals surface area (Å²) in [5.74, 6) is -0.127. The Hall–Kier alpha value is -1.85. The van der Waals surface area contributed by atoms with Gasteiger partial charge in [-0.3, -0.25) is 9.59 Å². The molecule has 0 aliphatic carbocycles. The molecule has 1 atom stereocenters. The molecule has 6 heteroatoms. The maximum absolute atomic E-state index is 12.1. The van der Waals surface area contributed by atoms with Crippen LogP contribution in [0.25, 0.3) is 0 Å². The number of carbonyl (C=O) groups is 2. The minimum absolute atomic E-state index is 0.143. The standard InChI is InChI=1S/C11H14N2O4/c1-7-9(5-12-17-7)10(14)13-4-3-8(6-13)11(15)16-2/h5,8H,3-4,6H2,1-2H3. The molecule has 2 rings (SSSR count). The summed E-state index contributed by atoms with van der Waals surface area (Å²) in [6.45, 7) is 2.65. The molecule has 2 heterocycles. The van der Waals surface area contributed by atoms with E-state index in [1.807, 2.05) is 0 Å². The lowest BCUT2D eigenvalue weighted by Crippen LogP contribution is -2.30. The van der Waals surface area contributed by atoms with Gasteiger partial charge in [-0.25, -0.2) is 0 Å². The Kier molecular flexibility index (Phi) is 3.12. The van der Waals surface area contributed by atoms with Crippen molar-refractivity contribution in [1.29, 1.82) is 0 Å². The van der Waals surface area contributed by atoms with Gasteiger partial charge in [-0.2, -0.15) is 0 Å². The van der Waals surface area contributed by atoms with E-state index in [4.69, 9.17) is 4.52 Å². The molecule has 92 valence electrons. The number of ether oxygens (including phenoxy) is 1. The monoisotopic (exact) mass is 238 g/mol. The lowest BCUT2D eigenvalue weighted by Gasteiger charge is -2.14. The van der Waals surface area contributed by atoms with Crippen LogP contribution in [0.1, 0.15) is 22.5 Å². The van der Waals surface area contributed by atoms with Crippen molar-refractivity contribution in [2.45, 2.75) is 13.3 Å². The van der Waals surface area contributed by atoms with Crippen LogP contribution in [0.5, 0.6) is 0 Å². The van der Waals surface area contributed by atoms with Crippen molar-refractivity contribution in [1.82, 2.24) is 10.1 Å². The highest BCUT2D eigenvalue weighted by Gasteiger charge is 2.33. The van der Waals surface area contributed by atoms with E-state index in [1.165, 1.54) is 13.3 Å². The molecule has 1 amide bonds. The van der Waals surface area contributed by atoms with Crippen molar-refractivity contribution in [2.24, 2.45) is 5.92 Å². The molecule has 0 spiro atoms. The minimum atomic E-state index is -0.262. The second-order valence-electron chi connectivity index (χ2n) is 4.06. The van der Waals surface area contributed by atoms with Crippen LogP contribution in [0.3, 0.4) is 0 Å². The molecule has 1 aromatic rings. The first kappa shape index (κ1) is 11.6. The van der Waals surface area contributed by atoms with E-state index in [-0.39, 0.29) is 17.8 Å². The summed E-state index contributed by atoms with van der Waals surface area (Å²) >= 11 is 0. The molecular formula is C11H14N2O4. The number of nitrogens with zero attached hydrogens (tertiary/aromatic N) is 2. The zero-order chi connectivity index (χ0) is 12.4. The lowest BCUT2D eigenvalue weighted by atomic mass is 10.1. The predicted octanol–water partition coefficient (Wildman–Crippen LogP) is 0.618.